The minimum atomic E-state index is -0.0506. The molecule has 0 radical (unpaired) electrons. The molecule has 94 valence electrons. The summed E-state index contributed by atoms with van der Waals surface area (Å²) >= 11 is 11.7. The molecule has 0 aromatic heterocycles. The highest BCUT2D eigenvalue weighted by Crippen LogP contribution is 2.21. The first-order chi connectivity index (χ1) is 8.13. The normalized spacial score (nSPS) is 10.3. The predicted octanol–water partition coefficient (Wildman–Crippen LogP) is 2.69. The molecule has 1 amide bonds. The van der Waals surface area contributed by atoms with Crippen LogP contribution in [0.15, 0.2) is 18.2 Å². The fraction of sp³-hybridized carbons (Fsp3) is 0.417. The van der Waals surface area contributed by atoms with Gasteiger partial charge in [-0.25, -0.2) is 0 Å². The topological polar surface area (TPSA) is 38.3 Å². The van der Waals surface area contributed by atoms with E-state index in [1.807, 2.05) is 0 Å². The lowest BCUT2D eigenvalue weighted by Gasteiger charge is -2.06. The first-order valence-electron chi connectivity index (χ1n) is 5.33. The van der Waals surface area contributed by atoms with E-state index in [0.717, 1.165) is 12.0 Å². The molecule has 3 nitrogen and oxygen atoms in total. The molecular weight excluding hydrogens is 261 g/mol. The molecule has 0 saturated heterocycles. The minimum Gasteiger partial charge on any atom is -0.385 e. The van der Waals surface area contributed by atoms with Gasteiger partial charge in [-0.1, -0.05) is 29.3 Å². The van der Waals surface area contributed by atoms with Gasteiger partial charge in [-0.05, 0) is 24.1 Å². The molecule has 0 aliphatic carbocycles. The molecule has 0 aliphatic rings. The van der Waals surface area contributed by atoms with Crippen molar-refractivity contribution in [1.29, 1.82) is 0 Å². The summed E-state index contributed by atoms with van der Waals surface area (Å²) in [7, 11) is 1.63. The molecule has 0 bridgehead atoms. The highest BCUT2D eigenvalue weighted by atomic mass is 35.5. The summed E-state index contributed by atoms with van der Waals surface area (Å²) in [5.41, 5.74) is 0.778. The lowest BCUT2D eigenvalue weighted by atomic mass is 10.1. The van der Waals surface area contributed by atoms with Crippen molar-refractivity contribution in [3.8, 4) is 0 Å². The van der Waals surface area contributed by atoms with Crippen LogP contribution in [0.5, 0.6) is 0 Å². The Hall–Kier alpha value is -0.770. The second-order valence-electron chi connectivity index (χ2n) is 3.61. The number of methoxy groups -OCH3 is 1. The summed E-state index contributed by atoms with van der Waals surface area (Å²) < 4.78 is 4.89. The lowest BCUT2D eigenvalue weighted by molar-refractivity contribution is -0.120. The molecule has 0 aliphatic heterocycles. The van der Waals surface area contributed by atoms with Crippen molar-refractivity contribution in [3.63, 3.8) is 0 Å². The van der Waals surface area contributed by atoms with Crippen LogP contribution in [0, 0.1) is 0 Å². The SMILES string of the molecule is COCCCNC(=O)Cc1ccc(Cl)cc1Cl. The Morgan fingerprint density at radius 3 is 2.82 bits per heavy atom. The monoisotopic (exact) mass is 275 g/mol. The van der Waals surface area contributed by atoms with Gasteiger partial charge < -0.3 is 10.1 Å². The number of rotatable bonds is 6. The smallest absolute Gasteiger partial charge is 0.224 e. The summed E-state index contributed by atoms with van der Waals surface area (Å²) in [6, 6.07) is 5.12. The van der Waals surface area contributed by atoms with Crippen LogP contribution in [-0.4, -0.2) is 26.2 Å². The van der Waals surface area contributed by atoms with Gasteiger partial charge in [0.25, 0.3) is 0 Å². The fourth-order valence-corrected chi connectivity index (χ4v) is 1.82. The van der Waals surface area contributed by atoms with E-state index in [4.69, 9.17) is 27.9 Å². The molecule has 0 saturated carbocycles. The maximum Gasteiger partial charge on any atom is 0.224 e. The van der Waals surface area contributed by atoms with Crippen LogP contribution in [0.1, 0.15) is 12.0 Å². The molecule has 0 heterocycles. The Morgan fingerprint density at radius 2 is 2.18 bits per heavy atom. The second kappa shape index (κ2) is 7.54. The van der Waals surface area contributed by atoms with Gasteiger partial charge >= 0.3 is 0 Å². The molecule has 1 rings (SSSR count). The van der Waals surface area contributed by atoms with Gasteiger partial charge in [0.2, 0.25) is 5.91 Å². The third kappa shape index (κ3) is 5.39. The predicted molar refractivity (Wildman–Crippen MR) is 69.7 cm³/mol. The molecule has 5 heteroatoms. The van der Waals surface area contributed by atoms with Gasteiger partial charge in [0, 0.05) is 30.3 Å². The summed E-state index contributed by atoms with van der Waals surface area (Å²) in [5, 5.41) is 3.88. The number of nitrogens with one attached hydrogen (secondary N) is 1. The zero-order chi connectivity index (χ0) is 12.7. The zero-order valence-electron chi connectivity index (χ0n) is 9.63. The highest BCUT2D eigenvalue weighted by Gasteiger charge is 2.06. The van der Waals surface area contributed by atoms with Crippen LogP contribution in [-0.2, 0) is 16.0 Å². The lowest BCUT2D eigenvalue weighted by Crippen LogP contribution is -2.26. The maximum absolute atomic E-state index is 11.6. The van der Waals surface area contributed by atoms with E-state index < -0.39 is 0 Å². The Balaban J connectivity index is 2.40. The molecule has 0 atom stereocenters. The van der Waals surface area contributed by atoms with Crippen molar-refractivity contribution in [2.75, 3.05) is 20.3 Å². The number of hydrogen-bond acceptors (Lipinski definition) is 2. The third-order valence-corrected chi connectivity index (χ3v) is 2.80. The zero-order valence-corrected chi connectivity index (χ0v) is 11.1. The molecule has 0 unspecified atom stereocenters. The molecule has 0 spiro atoms. The first-order valence-corrected chi connectivity index (χ1v) is 6.08. The second-order valence-corrected chi connectivity index (χ2v) is 4.45. The summed E-state index contributed by atoms with van der Waals surface area (Å²) in [6.45, 7) is 1.25. The number of ether oxygens (including phenoxy) is 1. The van der Waals surface area contributed by atoms with Gasteiger partial charge in [-0.2, -0.15) is 0 Å². The van der Waals surface area contributed by atoms with E-state index in [0.29, 0.717) is 23.2 Å². The van der Waals surface area contributed by atoms with E-state index in [1.54, 1.807) is 25.3 Å². The van der Waals surface area contributed by atoms with Crippen molar-refractivity contribution in [3.05, 3.63) is 33.8 Å². The molecule has 1 aromatic carbocycles. The first kappa shape index (κ1) is 14.3. The number of amides is 1. The van der Waals surface area contributed by atoms with E-state index in [9.17, 15) is 4.79 Å². The quantitative estimate of drug-likeness (QED) is 0.811. The standard InChI is InChI=1S/C12H15Cl2NO2/c1-17-6-2-5-15-12(16)7-9-3-4-10(13)8-11(9)14/h3-4,8H,2,5-7H2,1H3,(H,15,16). The molecular formula is C12H15Cl2NO2. The van der Waals surface area contributed by atoms with Crippen LogP contribution < -0.4 is 5.32 Å². The number of halogens is 2. The van der Waals surface area contributed by atoms with Crippen molar-refractivity contribution in [2.45, 2.75) is 12.8 Å². The largest absolute Gasteiger partial charge is 0.385 e. The Morgan fingerprint density at radius 1 is 1.41 bits per heavy atom. The van der Waals surface area contributed by atoms with Gasteiger partial charge in [-0.3, -0.25) is 4.79 Å². The molecule has 17 heavy (non-hydrogen) atoms. The molecule has 1 N–H and O–H groups in total. The number of benzene rings is 1. The van der Waals surface area contributed by atoms with Crippen LogP contribution >= 0.6 is 23.2 Å². The summed E-state index contributed by atoms with van der Waals surface area (Å²) in [6.07, 6.45) is 1.07. The molecule has 1 aromatic rings. The number of hydrogen-bond donors (Lipinski definition) is 1. The summed E-state index contributed by atoms with van der Waals surface area (Å²) in [5.74, 6) is -0.0506. The fourth-order valence-electron chi connectivity index (χ4n) is 1.34. The van der Waals surface area contributed by atoms with Crippen LogP contribution in [0.2, 0.25) is 10.0 Å². The van der Waals surface area contributed by atoms with Crippen molar-refractivity contribution in [1.82, 2.24) is 5.32 Å². The van der Waals surface area contributed by atoms with Crippen LogP contribution in [0.25, 0.3) is 0 Å². The van der Waals surface area contributed by atoms with Crippen LogP contribution in [0.3, 0.4) is 0 Å². The van der Waals surface area contributed by atoms with Crippen molar-refractivity contribution < 1.29 is 9.53 Å². The Bertz CT molecular complexity index is 383. The van der Waals surface area contributed by atoms with Gasteiger partial charge in [0.15, 0.2) is 0 Å². The maximum atomic E-state index is 11.6. The van der Waals surface area contributed by atoms with Crippen molar-refractivity contribution in [2.24, 2.45) is 0 Å². The highest BCUT2D eigenvalue weighted by molar-refractivity contribution is 6.35. The Kier molecular flexibility index (Phi) is 6.34. The van der Waals surface area contributed by atoms with Gasteiger partial charge in [0.1, 0.15) is 0 Å². The van der Waals surface area contributed by atoms with E-state index in [-0.39, 0.29) is 12.3 Å². The van der Waals surface area contributed by atoms with E-state index >= 15 is 0 Å². The minimum absolute atomic E-state index is 0.0506. The molecule has 0 fully saturated rings. The van der Waals surface area contributed by atoms with E-state index in [1.165, 1.54) is 0 Å². The third-order valence-electron chi connectivity index (χ3n) is 2.21. The summed E-state index contributed by atoms with van der Waals surface area (Å²) in [4.78, 5) is 11.6. The average molecular weight is 276 g/mol. The number of carbonyl (C=O) groups excluding carboxylic acids is 1. The number of carbonyl (C=O) groups is 1. The average Bonchev–Trinajstić information content (AvgIpc) is 2.28. The van der Waals surface area contributed by atoms with Crippen LogP contribution in [0.4, 0.5) is 0 Å². The van der Waals surface area contributed by atoms with Gasteiger partial charge in [0.05, 0.1) is 6.42 Å². The van der Waals surface area contributed by atoms with Crippen molar-refractivity contribution >= 4 is 29.1 Å². The van der Waals surface area contributed by atoms with Gasteiger partial charge in [-0.15, -0.1) is 0 Å². The van der Waals surface area contributed by atoms with E-state index in [2.05, 4.69) is 5.32 Å². The Labute approximate surface area is 111 Å².